The fourth-order valence-electron chi connectivity index (χ4n) is 5.50. The van der Waals surface area contributed by atoms with Crippen LogP contribution in [0.3, 0.4) is 0 Å². The quantitative estimate of drug-likeness (QED) is 0.286. The van der Waals surface area contributed by atoms with Gasteiger partial charge in [-0.05, 0) is 54.7 Å². The van der Waals surface area contributed by atoms with Crippen molar-refractivity contribution in [2.45, 2.75) is 64.1 Å². The molecule has 1 unspecified atom stereocenters. The van der Waals surface area contributed by atoms with Crippen LogP contribution in [0.2, 0.25) is 5.02 Å². The maximum absolute atomic E-state index is 14.4. The lowest BCUT2D eigenvalue weighted by atomic mass is 9.94. The molecule has 43 heavy (non-hydrogen) atoms. The monoisotopic (exact) mass is 625 g/mol. The van der Waals surface area contributed by atoms with Crippen molar-refractivity contribution in [2.75, 3.05) is 24.2 Å². The highest BCUT2D eigenvalue weighted by Crippen LogP contribution is 2.31. The molecule has 0 aromatic heterocycles. The van der Waals surface area contributed by atoms with E-state index in [1.807, 2.05) is 43.3 Å². The summed E-state index contributed by atoms with van der Waals surface area (Å²) in [5.74, 6) is -0.485. The average molecular weight is 626 g/mol. The molecular weight excluding hydrogens is 586 g/mol. The number of rotatable bonds is 12. The number of carbonyl (C=O) groups is 2. The highest BCUT2D eigenvalue weighted by atomic mass is 35.5. The fourth-order valence-corrected chi connectivity index (χ4v) is 6.54. The van der Waals surface area contributed by atoms with Gasteiger partial charge in [-0.2, -0.15) is 0 Å². The zero-order chi connectivity index (χ0) is 31.0. The van der Waals surface area contributed by atoms with Gasteiger partial charge in [-0.1, -0.05) is 85.5 Å². The molecule has 0 spiro atoms. The van der Waals surface area contributed by atoms with Crippen LogP contribution in [0.5, 0.6) is 5.75 Å². The Labute approximate surface area is 260 Å². The molecule has 1 N–H and O–H groups in total. The van der Waals surface area contributed by atoms with E-state index in [0.29, 0.717) is 16.3 Å². The normalized spacial score (nSPS) is 14.5. The third-order valence-corrected chi connectivity index (χ3v) is 9.30. The second kappa shape index (κ2) is 14.8. The number of hydrogen-bond acceptors (Lipinski definition) is 5. The standard InChI is InChI=1S/C33H40ClN3O5S/c1-24-18-19-31(42-2)29(20-24)37(43(3,40)41)23-32(38)36(22-26-14-10-11-17-28(26)34)30(21-25-12-6-4-7-13-25)33(39)35-27-15-8-5-9-16-27/h4,6-7,10-14,17-20,27,30H,5,8-9,15-16,21-23H2,1-3H3,(H,35,39). The van der Waals surface area contributed by atoms with Gasteiger partial charge in [-0.25, -0.2) is 8.42 Å². The number of anilines is 1. The molecule has 4 rings (SSSR count). The number of benzene rings is 3. The van der Waals surface area contributed by atoms with E-state index < -0.39 is 28.5 Å². The molecule has 1 aliphatic carbocycles. The minimum absolute atomic E-state index is 0.0245. The molecule has 1 aliphatic rings. The van der Waals surface area contributed by atoms with Gasteiger partial charge in [0.05, 0.1) is 19.1 Å². The maximum atomic E-state index is 14.4. The van der Waals surface area contributed by atoms with Gasteiger partial charge in [-0.15, -0.1) is 0 Å². The molecule has 1 atom stereocenters. The third-order valence-electron chi connectivity index (χ3n) is 7.80. The molecule has 0 aliphatic heterocycles. The molecule has 8 nitrogen and oxygen atoms in total. The summed E-state index contributed by atoms with van der Waals surface area (Å²) >= 11 is 6.54. The first-order valence-electron chi connectivity index (χ1n) is 14.6. The van der Waals surface area contributed by atoms with Gasteiger partial charge in [0.1, 0.15) is 18.3 Å². The molecule has 3 aromatic rings. The summed E-state index contributed by atoms with van der Waals surface area (Å²) in [6, 6.07) is 20.9. The van der Waals surface area contributed by atoms with Crippen LogP contribution in [-0.2, 0) is 32.6 Å². The SMILES string of the molecule is COc1ccc(C)cc1N(CC(=O)N(Cc1ccccc1Cl)C(Cc1ccccc1)C(=O)NC1CCCCC1)S(C)(=O)=O. The molecule has 1 saturated carbocycles. The van der Waals surface area contributed by atoms with Gasteiger partial charge < -0.3 is 15.0 Å². The predicted octanol–water partition coefficient (Wildman–Crippen LogP) is 5.51. The summed E-state index contributed by atoms with van der Waals surface area (Å²) in [7, 11) is -2.48. The summed E-state index contributed by atoms with van der Waals surface area (Å²) in [5.41, 5.74) is 2.59. The van der Waals surface area contributed by atoms with Crippen molar-refractivity contribution in [3.63, 3.8) is 0 Å². The smallest absolute Gasteiger partial charge is 0.244 e. The van der Waals surface area contributed by atoms with E-state index in [2.05, 4.69) is 5.32 Å². The van der Waals surface area contributed by atoms with Crippen molar-refractivity contribution in [2.24, 2.45) is 0 Å². The Morgan fingerprint density at radius 2 is 1.67 bits per heavy atom. The molecule has 0 radical (unpaired) electrons. The number of hydrogen-bond donors (Lipinski definition) is 1. The van der Waals surface area contributed by atoms with Crippen LogP contribution in [0, 0.1) is 6.92 Å². The van der Waals surface area contributed by atoms with Crippen molar-refractivity contribution >= 4 is 39.1 Å². The Morgan fingerprint density at radius 1 is 1.00 bits per heavy atom. The van der Waals surface area contributed by atoms with Gasteiger partial charge in [0.15, 0.2) is 0 Å². The van der Waals surface area contributed by atoms with Gasteiger partial charge in [0, 0.05) is 24.0 Å². The molecule has 2 amide bonds. The van der Waals surface area contributed by atoms with Crippen LogP contribution >= 0.6 is 11.6 Å². The summed E-state index contributed by atoms with van der Waals surface area (Å²) in [4.78, 5) is 29.9. The van der Waals surface area contributed by atoms with Crippen LogP contribution < -0.4 is 14.4 Å². The number of aryl methyl sites for hydroxylation is 1. The summed E-state index contributed by atoms with van der Waals surface area (Å²) < 4.78 is 32.8. The van der Waals surface area contributed by atoms with Crippen LogP contribution in [0.4, 0.5) is 5.69 Å². The molecule has 0 heterocycles. The van der Waals surface area contributed by atoms with E-state index in [1.54, 1.807) is 36.4 Å². The van der Waals surface area contributed by atoms with Gasteiger partial charge >= 0.3 is 0 Å². The van der Waals surface area contributed by atoms with E-state index in [0.717, 1.165) is 53.8 Å². The maximum Gasteiger partial charge on any atom is 0.244 e. The molecule has 0 bridgehead atoms. The number of methoxy groups -OCH3 is 1. The number of ether oxygens (including phenoxy) is 1. The molecule has 0 saturated heterocycles. The van der Waals surface area contributed by atoms with Gasteiger partial charge in [-0.3, -0.25) is 13.9 Å². The minimum Gasteiger partial charge on any atom is -0.495 e. The highest BCUT2D eigenvalue weighted by Gasteiger charge is 2.35. The average Bonchev–Trinajstić information content (AvgIpc) is 2.99. The second-order valence-electron chi connectivity index (χ2n) is 11.1. The van der Waals surface area contributed by atoms with Crippen LogP contribution in [0.15, 0.2) is 72.8 Å². The van der Waals surface area contributed by atoms with Gasteiger partial charge in [0.2, 0.25) is 21.8 Å². The first-order chi connectivity index (χ1) is 20.6. The number of sulfonamides is 1. The lowest BCUT2D eigenvalue weighted by Gasteiger charge is -2.35. The van der Waals surface area contributed by atoms with E-state index in [-0.39, 0.29) is 30.6 Å². The third kappa shape index (κ3) is 8.74. The van der Waals surface area contributed by atoms with E-state index >= 15 is 0 Å². The minimum atomic E-state index is -3.93. The zero-order valence-electron chi connectivity index (χ0n) is 25.0. The van der Waals surface area contributed by atoms with Crippen LogP contribution in [0.25, 0.3) is 0 Å². The lowest BCUT2D eigenvalue weighted by molar-refractivity contribution is -0.140. The fraction of sp³-hybridized carbons (Fsp3) is 0.394. The first-order valence-corrected chi connectivity index (χ1v) is 16.8. The van der Waals surface area contributed by atoms with E-state index in [4.69, 9.17) is 16.3 Å². The van der Waals surface area contributed by atoms with Crippen LogP contribution in [-0.4, -0.2) is 57.1 Å². The Bertz CT molecular complexity index is 1510. The van der Waals surface area contributed by atoms with Gasteiger partial charge in [0.25, 0.3) is 0 Å². The van der Waals surface area contributed by atoms with E-state index in [9.17, 15) is 18.0 Å². The second-order valence-corrected chi connectivity index (χ2v) is 13.4. The highest BCUT2D eigenvalue weighted by molar-refractivity contribution is 7.92. The molecule has 1 fully saturated rings. The Kier molecular flexibility index (Phi) is 11.1. The number of nitrogens with one attached hydrogen (secondary N) is 1. The molecule has 230 valence electrons. The summed E-state index contributed by atoms with van der Waals surface area (Å²) in [6.07, 6.45) is 6.30. The lowest BCUT2D eigenvalue weighted by Crippen LogP contribution is -2.55. The predicted molar refractivity (Wildman–Crippen MR) is 171 cm³/mol. The van der Waals surface area contributed by atoms with Crippen molar-refractivity contribution in [3.8, 4) is 5.75 Å². The van der Waals surface area contributed by atoms with E-state index in [1.165, 1.54) is 12.0 Å². The topological polar surface area (TPSA) is 96.0 Å². The van der Waals surface area contributed by atoms with Crippen LogP contribution in [0.1, 0.15) is 48.8 Å². The number of halogens is 1. The number of amides is 2. The largest absolute Gasteiger partial charge is 0.495 e. The molecule has 10 heteroatoms. The van der Waals surface area contributed by atoms with Crippen molar-refractivity contribution in [1.82, 2.24) is 10.2 Å². The summed E-state index contributed by atoms with van der Waals surface area (Å²) in [5, 5.41) is 3.65. The van der Waals surface area contributed by atoms with Crippen molar-refractivity contribution < 1.29 is 22.7 Å². The Hall–Kier alpha value is -3.56. The van der Waals surface area contributed by atoms with Crippen molar-refractivity contribution in [1.29, 1.82) is 0 Å². The van der Waals surface area contributed by atoms with Crippen molar-refractivity contribution in [3.05, 3.63) is 94.5 Å². The Morgan fingerprint density at radius 3 is 2.33 bits per heavy atom. The molecule has 3 aromatic carbocycles. The first kappa shape index (κ1) is 32.4. The number of nitrogens with zero attached hydrogens (tertiary/aromatic N) is 2. The Balaban J connectivity index is 1.76. The number of carbonyl (C=O) groups excluding carboxylic acids is 2. The summed E-state index contributed by atoms with van der Waals surface area (Å²) in [6.45, 7) is 1.34. The molecular formula is C33H40ClN3O5S. The zero-order valence-corrected chi connectivity index (χ0v) is 26.5.